The van der Waals surface area contributed by atoms with Crippen molar-refractivity contribution in [1.29, 1.82) is 0 Å². The first-order valence-corrected chi connectivity index (χ1v) is 5.77. The predicted octanol–water partition coefficient (Wildman–Crippen LogP) is 2.55. The highest BCUT2D eigenvalue weighted by molar-refractivity contribution is 6.31. The number of rotatable bonds is 4. The molecular weight excluding hydrogens is 271 g/mol. The largest absolute Gasteiger partial charge is 0.484 e. The summed E-state index contributed by atoms with van der Waals surface area (Å²) in [7, 11) is 0. The Kier molecular flexibility index (Phi) is 3.97. The Hall–Kier alpha value is -2.14. The molecule has 0 saturated heterocycles. The van der Waals surface area contributed by atoms with E-state index in [1.807, 2.05) is 0 Å². The Morgan fingerprint density at radius 1 is 1.42 bits per heavy atom. The van der Waals surface area contributed by atoms with Crippen LogP contribution >= 0.6 is 11.6 Å². The Bertz CT molecular complexity index is 619. The zero-order valence-corrected chi connectivity index (χ0v) is 10.5. The molecule has 0 aliphatic rings. The molecule has 0 saturated carbocycles. The predicted molar refractivity (Wildman–Crippen MR) is 68.5 cm³/mol. The molecule has 1 aromatic heterocycles. The molecule has 0 bridgehead atoms. The lowest BCUT2D eigenvalue weighted by atomic mass is 10.1. The summed E-state index contributed by atoms with van der Waals surface area (Å²) >= 11 is 5.98. The van der Waals surface area contributed by atoms with Crippen molar-refractivity contribution in [2.24, 2.45) is 5.73 Å². The van der Waals surface area contributed by atoms with Crippen molar-refractivity contribution in [2.75, 3.05) is 0 Å². The fourth-order valence-electron chi connectivity index (χ4n) is 1.45. The third kappa shape index (κ3) is 3.20. The van der Waals surface area contributed by atoms with E-state index in [1.54, 1.807) is 12.1 Å². The number of carbonyl (C=O) groups is 1. The average Bonchev–Trinajstić information content (AvgIpc) is 2.39. The molecule has 0 fully saturated rings. The molecule has 2 aromatic rings. The van der Waals surface area contributed by atoms with Crippen LogP contribution in [0.2, 0.25) is 5.02 Å². The minimum atomic E-state index is -0.688. The minimum absolute atomic E-state index is 0.0394. The van der Waals surface area contributed by atoms with Crippen molar-refractivity contribution in [3.05, 3.63) is 58.6 Å². The van der Waals surface area contributed by atoms with Crippen molar-refractivity contribution in [2.45, 2.75) is 6.61 Å². The van der Waals surface area contributed by atoms with Crippen molar-refractivity contribution in [3.8, 4) is 5.75 Å². The van der Waals surface area contributed by atoms with Crippen molar-refractivity contribution >= 4 is 17.5 Å². The summed E-state index contributed by atoms with van der Waals surface area (Å²) < 4.78 is 18.5. The van der Waals surface area contributed by atoms with Gasteiger partial charge in [-0.1, -0.05) is 17.7 Å². The molecular formula is C13H10ClFN2O2. The van der Waals surface area contributed by atoms with Crippen molar-refractivity contribution in [1.82, 2.24) is 4.98 Å². The van der Waals surface area contributed by atoms with E-state index in [-0.39, 0.29) is 12.4 Å². The highest BCUT2D eigenvalue weighted by Crippen LogP contribution is 2.21. The van der Waals surface area contributed by atoms with Crippen LogP contribution in [0.3, 0.4) is 0 Å². The molecule has 1 amide bonds. The van der Waals surface area contributed by atoms with E-state index in [4.69, 9.17) is 22.1 Å². The molecule has 0 unspecified atom stereocenters. The van der Waals surface area contributed by atoms with E-state index < -0.39 is 11.9 Å². The monoisotopic (exact) mass is 280 g/mol. The second-order valence-corrected chi connectivity index (χ2v) is 4.16. The van der Waals surface area contributed by atoms with Crippen LogP contribution in [0, 0.1) is 5.95 Å². The van der Waals surface area contributed by atoms with Gasteiger partial charge in [-0.05, 0) is 24.3 Å². The molecule has 98 valence electrons. The second kappa shape index (κ2) is 5.67. The number of halogens is 2. The number of hydrogen-bond donors (Lipinski definition) is 1. The summed E-state index contributed by atoms with van der Waals surface area (Å²) in [6.45, 7) is 0.0699. The number of benzene rings is 1. The Morgan fingerprint density at radius 2 is 2.21 bits per heavy atom. The molecule has 19 heavy (non-hydrogen) atoms. The molecule has 1 heterocycles. The zero-order chi connectivity index (χ0) is 13.8. The van der Waals surface area contributed by atoms with Gasteiger partial charge in [0.25, 0.3) is 5.95 Å². The van der Waals surface area contributed by atoms with Gasteiger partial charge < -0.3 is 10.5 Å². The highest BCUT2D eigenvalue weighted by Gasteiger charge is 2.08. The number of primary amides is 1. The Balaban J connectivity index is 2.12. The molecule has 0 aliphatic heterocycles. The van der Waals surface area contributed by atoms with Gasteiger partial charge in [0.1, 0.15) is 6.61 Å². The molecule has 0 aliphatic carbocycles. The number of hydrogen-bond acceptors (Lipinski definition) is 3. The van der Waals surface area contributed by atoms with Crippen molar-refractivity contribution < 1.29 is 13.9 Å². The Labute approximate surface area is 114 Å². The second-order valence-electron chi connectivity index (χ2n) is 3.75. The molecule has 6 heteroatoms. The molecule has 0 atom stereocenters. The van der Waals surface area contributed by atoms with Crippen LogP contribution in [0.1, 0.15) is 15.9 Å². The van der Waals surface area contributed by atoms with E-state index >= 15 is 0 Å². The van der Waals surface area contributed by atoms with E-state index in [1.165, 1.54) is 24.4 Å². The van der Waals surface area contributed by atoms with Gasteiger partial charge in [0.15, 0.2) is 5.75 Å². The van der Waals surface area contributed by atoms with Crippen LogP contribution in [0.15, 0.2) is 36.5 Å². The maximum Gasteiger partial charge on any atom is 0.255 e. The lowest BCUT2D eigenvalue weighted by Gasteiger charge is -2.08. The number of nitrogens with two attached hydrogens (primary N) is 1. The van der Waals surface area contributed by atoms with Crippen LogP contribution in [-0.2, 0) is 6.61 Å². The summed E-state index contributed by atoms with van der Waals surface area (Å²) in [6, 6.07) is 7.62. The lowest BCUT2D eigenvalue weighted by molar-refractivity contribution is 0.1000. The van der Waals surface area contributed by atoms with Crippen LogP contribution in [0.5, 0.6) is 5.75 Å². The number of amides is 1. The molecule has 4 nitrogen and oxygen atoms in total. The smallest absolute Gasteiger partial charge is 0.255 e. The topological polar surface area (TPSA) is 65.2 Å². The maximum absolute atomic E-state index is 13.2. The van der Waals surface area contributed by atoms with E-state index in [2.05, 4.69) is 4.98 Å². The first-order valence-electron chi connectivity index (χ1n) is 5.39. The van der Waals surface area contributed by atoms with Gasteiger partial charge >= 0.3 is 0 Å². The van der Waals surface area contributed by atoms with Gasteiger partial charge in [0.2, 0.25) is 5.91 Å². The summed E-state index contributed by atoms with van der Waals surface area (Å²) in [5.74, 6) is -1.21. The van der Waals surface area contributed by atoms with Crippen molar-refractivity contribution in [3.63, 3.8) is 0 Å². The zero-order valence-electron chi connectivity index (χ0n) is 9.77. The standard InChI is InChI=1S/C13H10ClFN2O2/c14-10-6-8(13(16)18)3-4-9(10)7-19-11-2-1-5-17-12(11)15/h1-6H,7H2,(H2,16,18). The molecule has 0 radical (unpaired) electrons. The lowest BCUT2D eigenvalue weighted by Crippen LogP contribution is -2.11. The van der Waals surface area contributed by atoms with Gasteiger partial charge in [0, 0.05) is 22.3 Å². The first kappa shape index (κ1) is 13.3. The third-order valence-electron chi connectivity index (χ3n) is 2.45. The normalized spacial score (nSPS) is 10.2. The summed E-state index contributed by atoms with van der Waals surface area (Å²) in [6.07, 6.45) is 1.33. The van der Waals surface area contributed by atoms with Crippen LogP contribution < -0.4 is 10.5 Å². The van der Waals surface area contributed by atoms with Crippen LogP contribution in [0.25, 0.3) is 0 Å². The van der Waals surface area contributed by atoms with Gasteiger partial charge in [-0.3, -0.25) is 4.79 Å². The fourth-order valence-corrected chi connectivity index (χ4v) is 1.69. The molecule has 2 N–H and O–H groups in total. The number of pyridine rings is 1. The summed E-state index contributed by atoms with van der Waals surface area (Å²) in [5.41, 5.74) is 6.06. The number of aromatic nitrogens is 1. The summed E-state index contributed by atoms with van der Waals surface area (Å²) in [4.78, 5) is 14.4. The molecule has 2 rings (SSSR count). The number of ether oxygens (including phenoxy) is 1. The van der Waals surface area contributed by atoms with Gasteiger partial charge in [0.05, 0.1) is 0 Å². The number of carbonyl (C=O) groups excluding carboxylic acids is 1. The number of nitrogens with zero attached hydrogens (tertiary/aromatic N) is 1. The first-order chi connectivity index (χ1) is 9.08. The van der Waals surface area contributed by atoms with Crippen LogP contribution in [-0.4, -0.2) is 10.9 Å². The minimum Gasteiger partial charge on any atom is -0.484 e. The molecule has 1 aromatic carbocycles. The van der Waals surface area contributed by atoms with E-state index in [0.717, 1.165) is 0 Å². The van der Waals surface area contributed by atoms with Gasteiger partial charge in [-0.2, -0.15) is 4.39 Å². The highest BCUT2D eigenvalue weighted by atomic mass is 35.5. The fraction of sp³-hybridized carbons (Fsp3) is 0.0769. The Morgan fingerprint density at radius 3 is 2.84 bits per heavy atom. The summed E-state index contributed by atoms with van der Waals surface area (Å²) in [5, 5.41) is 0.334. The quantitative estimate of drug-likeness (QED) is 0.875. The maximum atomic E-state index is 13.2. The van der Waals surface area contributed by atoms with Crippen LogP contribution in [0.4, 0.5) is 4.39 Å². The SMILES string of the molecule is NC(=O)c1ccc(COc2cccnc2F)c(Cl)c1. The average molecular weight is 281 g/mol. The van der Waals surface area contributed by atoms with E-state index in [0.29, 0.717) is 16.1 Å². The third-order valence-corrected chi connectivity index (χ3v) is 2.80. The van der Waals surface area contributed by atoms with E-state index in [9.17, 15) is 9.18 Å². The van der Waals surface area contributed by atoms with Gasteiger partial charge in [-0.15, -0.1) is 0 Å². The van der Waals surface area contributed by atoms with Gasteiger partial charge in [-0.25, -0.2) is 4.98 Å². The molecule has 0 spiro atoms.